The third kappa shape index (κ3) is 3.36. The molecule has 0 radical (unpaired) electrons. The van der Waals surface area contributed by atoms with Crippen molar-refractivity contribution in [3.8, 4) is 11.5 Å². The number of ether oxygens (including phenoxy) is 2. The van der Waals surface area contributed by atoms with Crippen LogP contribution in [-0.4, -0.2) is 25.5 Å². The van der Waals surface area contributed by atoms with E-state index in [4.69, 9.17) is 21.1 Å². The van der Waals surface area contributed by atoms with E-state index in [1.165, 1.54) is 4.90 Å². The van der Waals surface area contributed by atoms with E-state index in [0.29, 0.717) is 22.2 Å². The molecule has 1 aliphatic heterocycles. The van der Waals surface area contributed by atoms with Crippen molar-refractivity contribution < 1.29 is 19.1 Å². The van der Waals surface area contributed by atoms with Gasteiger partial charge >= 0.3 is 5.97 Å². The number of rotatable bonds is 4. The molecule has 0 saturated carbocycles. The van der Waals surface area contributed by atoms with Gasteiger partial charge in [0.15, 0.2) is 0 Å². The van der Waals surface area contributed by atoms with Gasteiger partial charge in [-0.25, -0.2) is 0 Å². The molecule has 0 aromatic heterocycles. The normalized spacial score (nSPS) is 17.0. The monoisotopic (exact) mass is 345 g/mol. The molecule has 1 saturated heterocycles. The second kappa shape index (κ2) is 6.93. The number of para-hydroxylation sites is 1. The van der Waals surface area contributed by atoms with Crippen molar-refractivity contribution in [2.24, 2.45) is 5.92 Å². The first kappa shape index (κ1) is 16.3. The average Bonchev–Trinajstić information content (AvgIpc) is 2.98. The lowest BCUT2D eigenvalue weighted by Crippen LogP contribution is -2.27. The van der Waals surface area contributed by atoms with Crippen molar-refractivity contribution in [2.75, 3.05) is 18.6 Å². The van der Waals surface area contributed by atoms with Crippen LogP contribution in [0.2, 0.25) is 5.02 Å². The Hall–Kier alpha value is -2.53. The van der Waals surface area contributed by atoms with E-state index in [1.54, 1.807) is 55.6 Å². The topological polar surface area (TPSA) is 55.8 Å². The first-order valence-electron chi connectivity index (χ1n) is 7.49. The average molecular weight is 346 g/mol. The zero-order valence-electron chi connectivity index (χ0n) is 13.1. The molecule has 0 aliphatic carbocycles. The number of hydrogen-bond donors (Lipinski definition) is 0. The van der Waals surface area contributed by atoms with Crippen LogP contribution < -0.4 is 14.4 Å². The molecule has 2 aromatic carbocycles. The maximum absolute atomic E-state index is 12.3. The molecule has 124 valence electrons. The summed E-state index contributed by atoms with van der Waals surface area (Å²) >= 11 is 6.13. The van der Waals surface area contributed by atoms with Gasteiger partial charge < -0.3 is 14.4 Å². The maximum atomic E-state index is 12.3. The molecule has 1 amide bonds. The van der Waals surface area contributed by atoms with Crippen LogP contribution in [0, 0.1) is 5.92 Å². The van der Waals surface area contributed by atoms with Crippen LogP contribution in [0.3, 0.4) is 0 Å². The standard InChI is InChI=1S/C18H16ClNO4/c1-23-13-6-8-14(9-7-13)24-18(22)12-10-17(21)20(11-12)16-5-3-2-4-15(16)19/h2-9,12H,10-11H2,1H3. The van der Waals surface area contributed by atoms with Crippen LogP contribution >= 0.6 is 11.6 Å². The van der Waals surface area contributed by atoms with Gasteiger partial charge in [0.05, 0.1) is 23.7 Å². The summed E-state index contributed by atoms with van der Waals surface area (Å²) in [4.78, 5) is 26.1. The molecule has 1 atom stereocenters. The number of halogens is 1. The van der Waals surface area contributed by atoms with Crippen molar-refractivity contribution in [1.29, 1.82) is 0 Å². The lowest BCUT2D eigenvalue weighted by Gasteiger charge is -2.17. The fourth-order valence-electron chi connectivity index (χ4n) is 2.61. The number of benzene rings is 2. The summed E-state index contributed by atoms with van der Waals surface area (Å²) in [6.45, 7) is 0.261. The lowest BCUT2D eigenvalue weighted by molar-refractivity contribution is -0.139. The Morgan fingerprint density at radius 1 is 1.12 bits per heavy atom. The second-order valence-electron chi connectivity index (χ2n) is 5.45. The highest BCUT2D eigenvalue weighted by Crippen LogP contribution is 2.31. The molecule has 1 heterocycles. The molecule has 24 heavy (non-hydrogen) atoms. The molecule has 1 unspecified atom stereocenters. The van der Waals surface area contributed by atoms with E-state index < -0.39 is 11.9 Å². The number of esters is 1. The first-order valence-corrected chi connectivity index (χ1v) is 7.87. The van der Waals surface area contributed by atoms with Gasteiger partial charge in [-0.1, -0.05) is 23.7 Å². The molecular weight excluding hydrogens is 330 g/mol. The summed E-state index contributed by atoms with van der Waals surface area (Å²) in [5.74, 6) is 0.0129. The van der Waals surface area contributed by atoms with Gasteiger partial charge in [-0.15, -0.1) is 0 Å². The molecule has 3 rings (SSSR count). The Balaban J connectivity index is 1.68. The number of amides is 1. The predicted molar refractivity (Wildman–Crippen MR) is 90.5 cm³/mol. The molecule has 0 spiro atoms. The van der Waals surface area contributed by atoms with Crippen LogP contribution in [0.5, 0.6) is 11.5 Å². The van der Waals surface area contributed by atoms with Crippen molar-refractivity contribution >= 4 is 29.2 Å². The van der Waals surface area contributed by atoms with Crippen molar-refractivity contribution in [2.45, 2.75) is 6.42 Å². The van der Waals surface area contributed by atoms with Gasteiger partial charge in [-0.05, 0) is 36.4 Å². The summed E-state index contributed by atoms with van der Waals surface area (Å²) in [6.07, 6.45) is 0.111. The molecule has 1 aliphatic rings. The van der Waals surface area contributed by atoms with E-state index in [0.717, 1.165) is 0 Å². The van der Waals surface area contributed by atoms with Crippen LogP contribution in [0.25, 0.3) is 0 Å². The highest BCUT2D eigenvalue weighted by molar-refractivity contribution is 6.33. The van der Waals surface area contributed by atoms with Crippen LogP contribution in [-0.2, 0) is 9.59 Å². The van der Waals surface area contributed by atoms with Crippen LogP contribution in [0.4, 0.5) is 5.69 Å². The largest absolute Gasteiger partial charge is 0.497 e. The highest BCUT2D eigenvalue weighted by atomic mass is 35.5. The fraction of sp³-hybridized carbons (Fsp3) is 0.222. The van der Waals surface area contributed by atoms with Gasteiger partial charge in [0, 0.05) is 13.0 Å². The van der Waals surface area contributed by atoms with E-state index in [9.17, 15) is 9.59 Å². The Labute approximate surface area is 144 Å². The quantitative estimate of drug-likeness (QED) is 0.630. The minimum absolute atomic E-state index is 0.111. The summed E-state index contributed by atoms with van der Waals surface area (Å²) in [5, 5.41) is 0.482. The van der Waals surface area contributed by atoms with E-state index in [-0.39, 0.29) is 18.9 Å². The molecular formula is C18H16ClNO4. The van der Waals surface area contributed by atoms with Crippen molar-refractivity contribution in [1.82, 2.24) is 0 Å². The summed E-state index contributed by atoms with van der Waals surface area (Å²) in [7, 11) is 1.56. The van der Waals surface area contributed by atoms with E-state index in [2.05, 4.69) is 0 Å². The molecule has 0 N–H and O–H groups in total. The van der Waals surface area contributed by atoms with Crippen LogP contribution in [0.15, 0.2) is 48.5 Å². The van der Waals surface area contributed by atoms with E-state index in [1.807, 2.05) is 0 Å². The Morgan fingerprint density at radius 2 is 1.79 bits per heavy atom. The SMILES string of the molecule is COc1ccc(OC(=O)C2CC(=O)N(c3ccccc3Cl)C2)cc1. The minimum atomic E-state index is -0.518. The Kier molecular flexibility index (Phi) is 4.71. The number of carbonyl (C=O) groups is 2. The maximum Gasteiger partial charge on any atom is 0.316 e. The van der Waals surface area contributed by atoms with Crippen molar-refractivity contribution in [3.63, 3.8) is 0 Å². The van der Waals surface area contributed by atoms with Gasteiger partial charge in [-0.2, -0.15) is 0 Å². The molecule has 5 nitrogen and oxygen atoms in total. The molecule has 6 heteroatoms. The van der Waals surface area contributed by atoms with Gasteiger partial charge in [0.1, 0.15) is 11.5 Å². The first-order chi connectivity index (χ1) is 11.6. The second-order valence-corrected chi connectivity index (χ2v) is 5.86. The lowest BCUT2D eigenvalue weighted by atomic mass is 10.1. The molecule has 2 aromatic rings. The summed E-state index contributed by atoms with van der Waals surface area (Å²) < 4.78 is 10.4. The van der Waals surface area contributed by atoms with Gasteiger partial charge in [-0.3, -0.25) is 9.59 Å². The molecule has 0 bridgehead atoms. The predicted octanol–water partition coefficient (Wildman–Crippen LogP) is 3.31. The third-order valence-electron chi connectivity index (χ3n) is 3.88. The Morgan fingerprint density at radius 3 is 2.46 bits per heavy atom. The number of hydrogen-bond acceptors (Lipinski definition) is 4. The zero-order valence-corrected chi connectivity index (χ0v) is 13.8. The van der Waals surface area contributed by atoms with Crippen LogP contribution in [0.1, 0.15) is 6.42 Å². The van der Waals surface area contributed by atoms with Crippen molar-refractivity contribution in [3.05, 3.63) is 53.6 Å². The van der Waals surface area contributed by atoms with Gasteiger partial charge in [0.25, 0.3) is 0 Å². The molecule has 1 fully saturated rings. The smallest absolute Gasteiger partial charge is 0.316 e. The zero-order chi connectivity index (χ0) is 17.1. The fourth-order valence-corrected chi connectivity index (χ4v) is 2.85. The summed E-state index contributed by atoms with van der Waals surface area (Å²) in [5.41, 5.74) is 0.615. The number of anilines is 1. The highest BCUT2D eigenvalue weighted by Gasteiger charge is 2.37. The third-order valence-corrected chi connectivity index (χ3v) is 4.20. The van der Waals surface area contributed by atoms with Gasteiger partial charge in [0.2, 0.25) is 5.91 Å². The number of nitrogens with zero attached hydrogens (tertiary/aromatic N) is 1. The number of methoxy groups -OCH3 is 1. The summed E-state index contributed by atoms with van der Waals surface area (Å²) in [6, 6.07) is 13.8. The number of carbonyl (C=O) groups excluding carboxylic acids is 2. The minimum Gasteiger partial charge on any atom is -0.497 e. The Bertz CT molecular complexity index is 760. The van der Waals surface area contributed by atoms with E-state index >= 15 is 0 Å².